The van der Waals surface area contributed by atoms with Crippen LogP contribution in [0.5, 0.6) is 5.75 Å². The van der Waals surface area contributed by atoms with Gasteiger partial charge in [0.1, 0.15) is 10.1 Å². The van der Waals surface area contributed by atoms with Gasteiger partial charge in [-0.2, -0.15) is 8.78 Å². The quantitative estimate of drug-likeness (QED) is 0.413. The number of carboxylic acid groups (broad SMARTS) is 1. The van der Waals surface area contributed by atoms with E-state index in [1.165, 1.54) is 35.2 Å². The molecule has 0 spiro atoms. The van der Waals surface area contributed by atoms with Gasteiger partial charge in [-0.25, -0.2) is 4.79 Å². The van der Waals surface area contributed by atoms with Gasteiger partial charge in [0.05, 0.1) is 16.2 Å². The number of halogens is 2. The molecule has 2 aromatic carbocycles. The van der Waals surface area contributed by atoms with Gasteiger partial charge in [-0.15, -0.1) is 0 Å². The van der Waals surface area contributed by atoms with Gasteiger partial charge in [-0.05, 0) is 36.8 Å². The Kier molecular flexibility index (Phi) is 7.77. The fraction of sp³-hybridized carbons (Fsp3) is 0.182. The first-order valence-electron chi connectivity index (χ1n) is 9.58. The number of hydrogen-bond acceptors (Lipinski definition) is 6. The molecule has 2 amide bonds. The minimum absolute atomic E-state index is 0.0305. The van der Waals surface area contributed by atoms with Crippen molar-refractivity contribution < 1.29 is 33.0 Å². The van der Waals surface area contributed by atoms with Gasteiger partial charge in [0.15, 0.2) is 0 Å². The zero-order valence-corrected chi connectivity index (χ0v) is 18.8. The maximum atomic E-state index is 12.8. The van der Waals surface area contributed by atoms with E-state index in [0.29, 0.717) is 0 Å². The van der Waals surface area contributed by atoms with Crippen LogP contribution in [0.25, 0.3) is 6.08 Å². The van der Waals surface area contributed by atoms with Crippen molar-refractivity contribution in [2.75, 3.05) is 11.9 Å². The van der Waals surface area contributed by atoms with E-state index in [2.05, 4.69) is 10.1 Å². The lowest BCUT2D eigenvalue weighted by atomic mass is 10.1. The van der Waals surface area contributed by atoms with Crippen molar-refractivity contribution in [2.24, 2.45) is 0 Å². The standard InChI is InChI=1S/C22H18F2N2O5S2/c1-12-6-7-14(20(29)30)15(10-12)25-18(27)8-9-26-19(28)17(33-22(26)32)11-13-4-2-3-5-16(13)31-21(23)24/h2-7,10-11,21H,8-9H2,1H3,(H,25,27)(H,29,30)/b17-11-. The number of thiocarbonyl (C=S) groups is 1. The molecule has 1 aliphatic rings. The lowest BCUT2D eigenvalue weighted by Gasteiger charge is -2.15. The minimum Gasteiger partial charge on any atom is -0.478 e. The molecule has 0 radical (unpaired) electrons. The predicted octanol–water partition coefficient (Wildman–Crippen LogP) is 4.52. The van der Waals surface area contributed by atoms with Crippen LogP contribution < -0.4 is 10.1 Å². The summed E-state index contributed by atoms with van der Waals surface area (Å²) in [5, 5.41) is 11.8. The van der Waals surface area contributed by atoms with Crippen LogP contribution in [0.1, 0.15) is 27.9 Å². The molecule has 3 rings (SSSR count). The molecule has 7 nitrogen and oxygen atoms in total. The number of alkyl halides is 2. The molecule has 1 heterocycles. The van der Waals surface area contributed by atoms with Gasteiger partial charge in [0, 0.05) is 18.5 Å². The Hall–Kier alpha value is -3.31. The number of carboxylic acids is 1. The summed E-state index contributed by atoms with van der Waals surface area (Å²) in [6.07, 6.45) is 1.28. The Morgan fingerprint density at radius 3 is 2.70 bits per heavy atom. The number of aryl methyl sites for hydroxylation is 1. The summed E-state index contributed by atoms with van der Waals surface area (Å²) in [5.74, 6) is -2.21. The summed E-state index contributed by atoms with van der Waals surface area (Å²) in [6, 6.07) is 10.6. The van der Waals surface area contributed by atoms with Gasteiger partial charge in [-0.3, -0.25) is 14.5 Å². The lowest BCUT2D eigenvalue weighted by Crippen LogP contribution is -2.31. The highest BCUT2D eigenvalue weighted by Crippen LogP contribution is 2.34. The third-order valence-electron chi connectivity index (χ3n) is 4.54. The molecule has 2 N–H and O–H groups in total. The molecule has 0 saturated carbocycles. The molecule has 11 heteroatoms. The van der Waals surface area contributed by atoms with E-state index in [9.17, 15) is 28.3 Å². The average molecular weight is 493 g/mol. The van der Waals surface area contributed by atoms with Crippen LogP contribution >= 0.6 is 24.0 Å². The monoisotopic (exact) mass is 492 g/mol. The van der Waals surface area contributed by atoms with Crippen molar-refractivity contribution >= 4 is 57.8 Å². The van der Waals surface area contributed by atoms with E-state index < -0.39 is 24.4 Å². The fourth-order valence-electron chi connectivity index (χ4n) is 3.01. The number of anilines is 1. The highest BCUT2D eigenvalue weighted by atomic mass is 32.2. The molecule has 0 atom stereocenters. The number of carbonyl (C=O) groups excluding carboxylic acids is 2. The Morgan fingerprint density at radius 1 is 1.27 bits per heavy atom. The molecular formula is C22H18F2N2O5S2. The molecule has 0 bridgehead atoms. The number of para-hydroxylation sites is 1. The van der Waals surface area contributed by atoms with Crippen LogP contribution in [0.3, 0.4) is 0 Å². The average Bonchev–Trinajstić information content (AvgIpc) is 3.00. The topological polar surface area (TPSA) is 95.9 Å². The molecule has 33 heavy (non-hydrogen) atoms. The molecule has 1 fully saturated rings. The van der Waals surface area contributed by atoms with Crippen LogP contribution in [-0.2, 0) is 9.59 Å². The van der Waals surface area contributed by atoms with Gasteiger partial charge < -0.3 is 15.2 Å². The number of nitrogens with one attached hydrogen (secondary N) is 1. The van der Waals surface area contributed by atoms with Crippen molar-refractivity contribution in [3.8, 4) is 5.75 Å². The molecule has 172 valence electrons. The highest BCUT2D eigenvalue weighted by Gasteiger charge is 2.32. The van der Waals surface area contributed by atoms with Gasteiger partial charge in [0.25, 0.3) is 5.91 Å². The Bertz CT molecular complexity index is 1150. The molecule has 1 aliphatic heterocycles. The van der Waals surface area contributed by atoms with Crippen molar-refractivity contribution in [3.63, 3.8) is 0 Å². The first-order valence-corrected chi connectivity index (χ1v) is 10.8. The van der Waals surface area contributed by atoms with Crippen molar-refractivity contribution in [1.29, 1.82) is 0 Å². The fourth-order valence-corrected chi connectivity index (χ4v) is 4.31. The molecule has 0 unspecified atom stereocenters. The van der Waals surface area contributed by atoms with Gasteiger partial charge >= 0.3 is 12.6 Å². The van der Waals surface area contributed by atoms with E-state index in [1.54, 1.807) is 25.1 Å². The Labute approximate surface area is 197 Å². The summed E-state index contributed by atoms with van der Waals surface area (Å²) < 4.78 is 29.9. The zero-order valence-electron chi connectivity index (χ0n) is 17.2. The van der Waals surface area contributed by atoms with E-state index in [1.807, 2.05) is 0 Å². The SMILES string of the molecule is Cc1ccc(C(=O)O)c(NC(=O)CCN2C(=O)/C(=C/c3ccccc3OC(F)F)SC2=S)c1. The second-order valence-electron chi connectivity index (χ2n) is 6.90. The summed E-state index contributed by atoms with van der Waals surface area (Å²) in [4.78, 5) is 38.0. The minimum atomic E-state index is -3.01. The van der Waals surface area contributed by atoms with Crippen LogP contribution in [0, 0.1) is 6.92 Å². The van der Waals surface area contributed by atoms with E-state index in [-0.39, 0.29) is 44.8 Å². The number of rotatable bonds is 8. The van der Waals surface area contributed by atoms with Crippen LogP contribution in [0.4, 0.5) is 14.5 Å². The van der Waals surface area contributed by atoms with Crippen molar-refractivity contribution in [1.82, 2.24) is 4.90 Å². The van der Waals surface area contributed by atoms with Crippen molar-refractivity contribution in [2.45, 2.75) is 20.0 Å². The number of nitrogens with zero attached hydrogens (tertiary/aromatic N) is 1. The summed E-state index contributed by atoms with van der Waals surface area (Å²) in [6.45, 7) is -1.28. The number of thioether (sulfide) groups is 1. The summed E-state index contributed by atoms with van der Waals surface area (Å²) >= 11 is 6.22. The Balaban J connectivity index is 1.68. The maximum Gasteiger partial charge on any atom is 0.387 e. The van der Waals surface area contributed by atoms with Crippen LogP contribution in [-0.4, -0.2) is 45.3 Å². The normalized spacial score (nSPS) is 14.8. The molecule has 2 aromatic rings. The number of hydrogen-bond donors (Lipinski definition) is 2. The first-order chi connectivity index (χ1) is 15.7. The second kappa shape index (κ2) is 10.5. The largest absolute Gasteiger partial charge is 0.478 e. The highest BCUT2D eigenvalue weighted by molar-refractivity contribution is 8.26. The van der Waals surface area contributed by atoms with Gasteiger partial charge in [0.2, 0.25) is 5.91 Å². The van der Waals surface area contributed by atoms with Crippen LogP contribution in [0.2, 0.25) is 0 Å². The van der Waals surface area contributed by atoms with Gasteiger partial charge in [-0.1, -0.05) is 48.2 Å². The maximum absolute atomic E-state index is 12.8. The molecule has 0 aliphatic carbocycles. The second-order valence-corrected chi connectivity index (χ2v) is 8.58. The van der Waals surface area contributed by atoms with E-state index in [0.717, 1.165) is 17.3 Å². The van der Waals surface area contributed by atoms with Crippen molar-refractivity contribution in [3.05, 3.63) is 64.1 Å². The smallest absolute Gasteiger partial charge is 0.387 e. The number of aromatic carboxylic acids is 1. The predicted molar refractivity (Wildman–Crippen MR) is 124 cm³/mol. The third-order valence-corrected chi connectivity index (χ3v) is 5.92. The lowest BCUT2D eigenvalue weighted by molar-refractivity contribution is -0.122. The number of carbonyl (C=O) groups is 3. The number of ether oxygens (including phenoxy) is 1. The summed E-state index contributed by atoms with van der Waals surface area (Å²) in [5.41, 5.74) is 1.17. The van der Waals surface area contributed by atoms with E-state index >= 15 is 0 Å². The Morgan fingerprint density at radius 2 is 2.00 bits per heavy atom. The number of benzene rings is 2. The molecule has 1 saturated heterocycles. The van der Waals surface area contributed by atoms with E-state index in [4.69, 9.17) is 12.2 Å². The third kappa shape index (κ3) is 6.14. The molecule has 0 aromatic heterocycles. The number of amides is 2. The zero-order chi connectivity index (χ0) is 24.1. The van der Waals surface area contributed by atoms with Crippen LogP contribution in [0.15, 0.2) is 47.4 Å². The summed E-state index contributed by atoms with van der Waals surface area (Å²) in [7, 11) is 0. The molecular weight excluding hydrogens is 474 g/mol. The first kappa shape index (κ1) is 24.3.